The van der Waals surface area contributed by atoms with Gasteiger partial charge in [0.15, 0.2) is 0 Å². The van der Waals surface area contributed by atoms with Crippen molar-refractivity contribution >= 4 is 5.91 Å². The molecule has 5 heteroatoms. The lowest BCUT2D eigenvalue weighted by molar-refractivity contribution is -0.123. The summed E-state index contributed by atoms with van der Waals surface area (Å²) < 4.78 is 13.7. The molecule has 0 spiro atoms. The topological polar surface area (TPSA) is 61.4 Å². The number of amides is 1. The Balaban J connectivity index is 1.71. The van der Waals surface area contributed by atoms with Crippen LogP contribution in [0, 0.1) is 5.82 Å². The maximum atomic E-state index is 13.7. The van der Waals surface area contributed by atoms with Crippen molar-refractivity contribution in [2.45, 2.75) is 56.1 Å². The average Bonchev–Trinajstić information content (AvgIpc) is 3.00. The van der Waals surface area contributed by atoms with Gasteiger partial charge in [-0.3, -0.25) is 4.79 Å². The highest BCUT2D eigenvalue weighted by Gasteiger charge is 2.36. The minimum absolute atomic E-state index is 0.0668. The van der Waals surface area contributed by atoms with Gasteiger partial charge in [-0.05, 0) is 37.0 Å². The van der Waals surface area contributed by atoms with E-state index in [-0.39, 0.29) is 23.2 Å². The summed E-state index contributed by atoms with van der Waals surface area (Å²) in [5.41, 5.74) is 0.810. The molecule has 1 aromatic rings. The van der Waals surface area contributed by atoms with Gasteiger partial charge in [-0.2, -0.15) is 0 Å². The Morgan fingerprint density at radius 3 is 2.78 bits per heavy atom. The van der Waals surface area contributed by atoms with E-state index in [4.69, 9.17) is 0 Å². The van der Waals surface area contributed by atoms with Crippen molar-refractivity contribution in [3.8, 4) is 0 Å². The monoisotopic (exact) mass is 320 g/mol. The molecule has 2 unspecified atom stereocenters. The van der Waals surface area contributed by atoms with Gasteiger partial charge in [-0.1, -0.05) is 31.4 Å². The zero-order valence-electron chi connectivity index (χ0n) is 13.4. The first-order chi connectivity index (χ1) is 11.1. The number of rotatable bonds is 4. The average molecular weight is 320 g/mol. The Morgan fingerprint density at radius 2 is 2.13 bits per heavy atom. The Kier molecular flexibility index (Phi) is 4.97. The molecule has 126 valence electrons. The molecule has 0 aromatic heterocycles. The van der Waals surface area contributed by atoms with Gasteiger partial charge in [0.05, 0.1) is 12.1 Å². The number of halogens is 1. The van der Waals surface area contributed by atoms with Crippen molar-refractivity contribution in [1.29, 1.82) is 0 Å². The molecule has 0 bridgehead atoms. The van der Waals surface area contributed by atoms with Crippen molar-refractivity contribution in [1.82, 2.24) is 10.6 Å². The van der Waals surface area contributed by atoms with Gasteiger partial charge < -0.3 is 15.7 Å². The summed E-state index contributed by atoms with van der Waals surface area (Å²) in [6.45, 7) is 0.997. The lowest BCUT2D eigenvalue weighted by Crippen LogP contribution is -2.47. The molecule has 2 atom stereocenters. The molecule has 23 heavy (non-hydrogen) atoms. The SMILES string of the molecule is O=C(NCC1(c2cccc(F)c2)CCCCC1)C1CC(O)CN1. The molecule has 4 nitrogen and oxygen atoms in total. The van der Waals surface area contributed by atoms with Gasteiger partial charge in [0.2, 0.25) is 5.91 Å². The summed E-state index contributed by atoms with van der Waals surface area (Å²) in [5.74, 6) is -0.290. The molecule has 2 aliphatic rings. The number of hydrogen-bond acceptors (Lipinski definition) is 3. The Hall–Kier alpha value is -1.46. The van der Waals surface area contributed by atoms with Crippen LogP contribution in [0.15, 0.2) is 24.3 Å². The highest BCUT2D eigenvalue weighted by molar-refractivity contribution is 5.82. The van der Waals surface area contributed by atoms with Gasteiger partial charge in [0.1, 0.15) is 5.82 Å². The largest absolute Gasteiger partial charge is 0.392 e. The van der Waals surface area contributed by atoms with E-state index in [9.17, 15) is 14.3 Å². The van der Waals surface area contributed by atoms with Gasteiger partial charge in [0, 0.05) is 18.5 Å². The van der Waals surface area contributed by atoms with Crippen molar-refractivity contribution in [2.24, 2.45) is 0 Å². The summed E-state index contributed by atoms with van der Waals surface area (Å²) in [5, 5.41) is 15.6. The first-order valence-corrected chi connectivity index (χ1v) is 8.54. The predicted octanol–water partition coefficient (Wildman–Crippen LogP) is 1.87. The summed E-state index contributed by atoms with van der Waals surface area (Å²) in [6, 6.07) is 6.46. The van der Waals surface area contributed by atoms with Crippen LogP contribution < -0.4 is 10.6 Å². The van der Waals surface area contributed by atoms with E-state index < -0.39 is 6.10 Å². The van der Waals surface area contributed by atoms with Crippen LogP contribution in [-0.4, -0.2) is 36.2 Å². The molecule has 1 aromatic carbocycles. The summed E-state index contributed by atoms with van der Waals surface area (Å²) in [6.07, 6.45) is 5.35. The van der Waals surface area contributed by atoms with Gasteiger partial charge in [-0.25, -0.2) is 4.39 Å². The molecule has 2 fully saturated rings. The van der Waals surface area contributed by atoms with Crippen LogP contribution in [0.4, 0.5) is 4.39 Å². The lowest BCUT2D eigenvalue weighted by atomic mass is 9.69. The molecular formula is C18H25FN2O2. The first-order valence-electron chi connectivity index (χ1n) is 8.54. The van der Waals surface area contributed by atoms with E-state index in [0.717, 1.165) is 31.2 Å². The molecular weight excluding hydrogens is 295 g/mol. The van der Waals surface area contributed by atoms with Crippen LogP contribution in [0.5, 0.6) is 0 Å². The quantitative estimate of drug-likeness (QED) is 0.794. The van der Waals surface area contributed by atoms with Crippen LogP contribution in [0.25, 0.3) is 0 Å². The van der Waals surface area contributed by atoms with E-state index >= 15 is 0 Å². The first kappa shape index (κ1) is 16.4. The zero-order chi connectivity index (χ0) is 16.3. The molecule has 0 radical (unpaired) electrons. The lowest BCUT2D eigenvalue weighted by Gasteiger charge is -2.38. The Labute approximate surface area is 136 Å². The summed E-state index contributed by atoms with van der Waals surface area (Å²) in [4.78, 5) is 12.3. The second-order valence-corrected chi connectivity index (χ2v) is 6.92. The number of carbonyl (C=O) groups excluding carboxylic acids is 1. The van der Waals surface area contributed by atoms with Gasteiger partial charge in [-0.15, -0.1) is 0 Å². The number of benzene rings is 1. The van der Waals surface area contributed by atoms with Crippen LogP contribution in [0.1, 0.15) is 44.1 Å². The van der Waals surface area contributed by atoms with E-state index in [0.29, 0.717) is 19.5 Å². The van der Waals surface area contributed by atoms with Crippen molar-refractivity contribution < 1.29 is 14.3 Å². The van der Waals surface area contributed by atoms with E-state index in [1.165, 1.54) is 12.5 Å². The second kappa shape index (κ2) is 6.97. The minimum atomic E-state index is -0.447. The third-order valence-corrected chi connectivity index (χ3v) is 5.27. The van der Waals surface area contributed by atoms with E-state index in [1.54, 1.807) is 12.1 Å². The maximum absolute atomic E-state index is 13.7. The molecule has 1 saturated carbocycles. The highest BCUT2D eigenvalue weighted by Crippen LogP contribution is 2.39. The fourth-order valence-corrected chi connectivity index (χ4v) is 3.91. The summed E-state index contributed by atoms with van der Waals surface area (Å²) >= 11 is 0. The molecule has 1 aliphatic carbocycles. The van der Waals surface area contributed by atoms with Crippen LogP contribution in [-0.2, 0) is 10.2 Å². The highest BCUT2D eigenvalue weighted by atomic mass is 19.1. The molecule has 3 rings (SSSR count). The molecule has 1 aliphatic heterocycles. The van der Waals surface area contributed by atoms with Gasteiger partial charge >= 0.3 is 0 Å². The second-order valence-electron chi connectivity index (χ2n) is 6.92. The van der Waals surface area contributed by atoms with Crippen LogP contribution in [0.2, 0.25) is 0 Å². The summed E-state index contributed by atoms with van der Waals surface area (Å²) in [7, 11) is 0. The normalized spacial score (nSPS) is 26.9. The fourth-order valence-electron chi connectivity index (χ4n) is 3.91. The third-order valence-electron chi connectivity index (χ3n) is 5.27. The standard InChI is InChI=1S/C18H25FN2O2/c19-14-6-4-5-13(9-14)18(7-2-1-3-8-18)12-21-17(23)16-10-15(22)11-20-16/h4-6,9,15-16,20,22H,1-3,7-8,10-12H2,(H,21,23). The van der Waals surface area contributed by atoms with Crippen LogP contribution in [0.3, 0.4) is 0 Å². The Morgan fingerprint density at radius 1 is 1.35 bits per heavy atom. The predicted molar refractivity (Wildman–Crippen MR) is 86.6 cm³/mol. The van der Waals surface area contributed by atoms with Gasteiger partial charge in [0.25, 0.3) is 0 Å². The number of aliphatic hydroxyl groups excluding tert-OH is 1. The molecule has 1 heterocycles. The molecule has 1 saturated heterocycles. The third kappa shape index (κ3) is 3.72. The number of carbonyl (C=O) groups is 1. The molecule has 3 N–H and O–H groups in total. The Bertz CT molecular complexity index is 558. The number of nitrogens with one attached hydrogen (secondary N) is 2. The van der Waals surface area contributed by atoms with E-state index in [2.05, 4.69) is 10.6 Å². The fraction of sp³-hybridized carbons (Fsp3) is 0.611. The number of hydrogen-bond donors (Lipinski definition) is 3. The smallest absolute Gasteiger partial charge is 0.237 e. The van der Waals surface area contributed by atoms with Crippen LogP contribution >= 0.6 is 0 Å². The van der Waals surface area contributed by atoms with Crippen molar-refractivity contribution in [2.75, 3.05) is 13.1 Å². The van der Waals surface area contributed by atoms with Crippen molar-refractivity contribution in [3.05, 3.63) is 35.6 Å². The number of β-amino-alcohol motifs (C(OH)–C–C–N with tert-alkyl or cyclic N) is 1. The zero-order valence-corrected chi connectivity index (χ0v) is 13.4. The maximum Gasteiger partial charge on any atom is 0.237 e. The van der Waals surface area contributed by atoms with Crippen molar-refractivity contribution in [3.63, 3.8) is 0 Å². The minimum Gasteiger partial charge on any atom is -0.392 e. The number of aliphatic hydroxyl groups is 1. The molecule has 1 amide bonds. The van der Waals surface area contributed by atoms with E-state index in [1.807, 2.05) is 6.07 Å².